The van der Waals surface area contributed by atoms with Gasteiger partial charge in [0.25, 0.3) is 0 Å². The third-order valence-electron chi connectivity index (χ3n) is 4.91. The van der Waals surface area contributed by atoms with Crippen molar-refractivity contribution < 1.29 is 9.59 Å². The molecule has 0 bridgehead atoms. The lowest BCUT2D eigenvalue weighted by atomic mass is 10.00. The molecule has 138 valence electrons. The number of carbonyl (C=O) groups is 2. The summed E-state index contributed by atoms with van der Waals surface area (Å²) >= 11 is 0. The van der Waals surface area contributed by atoms with Gasteiger partial charge in [0, 0.05) is 38.5 Å². The maximum atomic E-state index is 12.7. The predicted molar refractivity (Wildman–Crippen MR) is 100 cm³/mol. The topological polar surface area (TPSA) is 75.4 Å². The van der Waals surface area contributed by atoms with E-state index in [1.165, 1.54) is 11.1 Å². The van der Waals surface area contributed by atoms with Gasteiger partial charge in [0.1, 0.15) is 0 Å². The minimum Gasteiger partial charge on any atom is -0.354 e. The molecular formula is C20H31N3O2. The van der Waals surface area contributed by atoms with Gasteiger partial charge in [-0.1, -0.05) is 31.2 Å². The maximum absolute atomic E-state index is 12.7. The summed E-state index contributed by atoms with van der Waals surface area (Å²) in [5.41, 5.74) is 7.92. The molecule has 0 saturated carbocycles. The molecule has 0 aromatic heterocycles. The largest absolute Gasteiger partial charge is 0.354 e. The number of nitrogens with two attached hydrogens (primary N) is 1. The van der Waals surface area contributed by atoms with Crippen LogP contribution in [-0.2, 0) is 22.4 Å². The first-order chi connectivity index (χ1) is 12.1. The highest BCUT2D eigenvalue weighted by Gasteiger charge is 2.26. The Hall–Kier alpha value is -1.88. The Morgan fingerprint density at radius 1 is 1.16 bits per heavy atom. The van der Waals surface area contributed by atoms with Gasteiger partial charge in [-0.05, 0) is 43.2 Å². The second kappa shape index (κ2) is 10.2. The fourth-order valence-electron chi connectivity index (χ4n) is 3.33. The van der Waals surface area contributed by atoms with Crippen molar-refractivity contribution in [2.75, 3.05) is 19.6 Å². The molecule has 2 rings (SSSR count). The number of piperidine rings is 1. The van der Waals surface area contributed by atoms with E-state index in [1.54, 1.807) is 0 Å². The molecule has 1 fully saturated rings. The number of amides is 2. The number of aryl methyl sites for hydroxylation is 2. The Labute approximate surface area is 151 Å². The van der Waals surface area contributed by atoms with E-state index in [4.69, 9.17) is 5.73 Å². The van der Waals surface area contributed by atoms with Crippen molar-refractivity contribution in [1.82, 2.24) is 10.2 Å². The second-order valence-electron chi connectivity index (χ2n) is 6.75. The van der Waals surface area contributed by atoms with Gasteiger partial charge < -0.3 is 16.0 Å². The first-order valence-corrected chi connectivity index (χ1v) is 9.48. The molecule has 0 radical (unpaired) electrons. The van der Waals surface area contributed by atoms with E-state index in [0.717, 1.165) is 38.6 Å². The lowest BCUT2D eigenvalue weighted by Crippen LogP contribution is -2.49. The van der Waals surface area contributed by atoms with E-state index in [-0.39, 0.29) is 17.9 Å². The molecule has 1 aromatic carbocycles. The van der Waals surface area contributed by atoms with Crippen molar-refractivity contribution in [2.45, 2.75) is 57.9 Å². The summed E-state index contributed by atoms with van der Waals surface area (Å²) < 4.78 is 0. The van der Waals surface area contributed by atoms with Crippen LogP contribution in [0, 0.1) is 0 Å². The van der Waals surface area contributed by atoms with Crippen LogP contribution >= 0.6 is 0 Å². The molecule has 1 heterocycles. The summed E-state index contributed by atoms with van der Waals surface area (Å²) in [6.07, 6.45) is 5.78. The van der Waals surface area contributed by atoms with Gasteiger partial charge in [0.2, 0.25) is 11.8 Å². The highest BCUT2D eigenvalue weighted by molar-refractivity contribution is 5.78. The Balaban J connectivity index is 1.85. The van der Waals surface area contributed by atoms with Crippen molar-refractivity contribution in [1.29, 1.82) is 0 Å². The molecule has 25 heavy (non-hydrogen) atoms. The number of hydrogen-bond acceptors (Lipinski definition) is 3. The van der Waals surface area contributed by atoms with Crippen LogP contribution < -0.4 is 11.1 Å². The Morgan fingerprint density at radius 2 is 1.88 bits per heavy atom. The van der Waals surface area contributed by atoms with E-state index >= 15 is 0 Å². The van der Waals surface area contributed by atoms with Crippen molar-refractivity contribution in [3.05, 3.63) is 35.4 Å². The Kier molecular flexibility index (Phi) is 7.92. The molecule has 5 nitrogen and oxygen atoms in total. The first kappa shape index (κ1) is 19.4. The zero-order valence-corrected chi connectivity index (χ0v) is 15.3. The van der Waals surface area contributed by atoms with Gasteiger partial charge in [0.15, 0.2) is 0 Å². The quantitative estimate of drug-likeness (QED) is 0.757. The number of nitrogens with one attached hydrogen (secondary N) is 1. The smallest absolute Gasteiger partial charge is 0.223 e. The highest BCUT2D eigenvalue weighted by Crippen LogP contribution is 2.18. The van der Waals surface area contributed by atoms with Gasteiger partial charge in [-0.25, -0.2) is 0 Å². The molecule has 0 spiro atoms. The van der Waals surface area contributed by atoms with Crippen LogP contribution in [0.1, 0.15) is 50.2 Å². The summed E-state index contributed by atoms with van der Waals surface area (Å²) in [7, 11) is 0. The van der Waals surface area contributed by atoms with Crippen LogP contribution in [0.3, 0.4) is 0 Å². The van der Waals surface area contributed by atoms with Gasteiger partial charge in [0.05, 0.1) is 0 Å². The molecule has 1 aromatic rings. The van der Waals surface area contributed by atoms with Crippen LogP contribution in [0.5, 0.6) is 0 Å². The number of rotatable bonds is 8. The van der Waals surface area contributed by atoms with Gasteiger partial charge in [-0.3, -0.25) is 9.59 Å². The molecular weight excluding hydrogens is 314 g/mol. The molecule has 1 aliphatic heterocycles. The Morgan fingerprint density at radius 3 is 2.56 bits per heavy atom. The molecule has 2 amide bonds. The SMILES string of the molecule is CCc1ccc(CCC(=O)N2CCCCC2CNC(=O)CCN)cc1. The molecule has 5 heteroatoms. The van der Waals surface area contributed by atoms with Crippen LogP contribution in [0.15, 0.2) is 24.3 Å². The monoisotopic (exact) mass is 345 g/mol. The molecule has 1 saturated heterocycles. The molecule has 1 atom stereocenters. The maximum Gasteiger partial charge on any atom is 0.223 e. The minimum absolute atomic E-state index is 0.0310. The molecule has 3 N–H and O–H groups in total. The summed E-state index contributed by atoms with van der Waals surface area (Å²) in [4.78, 5) is 26.3. The summed E-state index contributed by atoms with van der Waals surface area (Å²) in [6, 6.07) is 8.62. The second-order valence-corrected chi connectivity index (χ2v) is 6.75. The van der Waals surface area contributed by atoms with Crippen molar-refractivity contribution >= 4 is 11.8 Å². The van der Waals surface area contributed by atoms with Crippen LogP contribution in [0.4, 0.5) is 0 Å². The number of carbonyl (C=O) groups excluding carboxylic acids is 2. The zero-order chi connectivity index (χ0) is 18.1. The summed E-state index contributed by atoms with van der Waals surface area (Å²) in [6.45, 7) is 3.83. The van der Waals surface area contributed by atoms with Crippen molar-refractivity contribution in [3.8, 4) is 0 Å². The standard InChI is InChI=1S/C20H31N3O2/c1-2-16-6-8-17(9-7-16)10-11-20(25)23-14-4-3-5-18(23)15-22-19(24)12-13-21/h6-9,18H,2-5,10-15,21H2,1H3,(H,22,24). The number of likely N-dealkylation sites (tertiary alicyclic amines) is 1. The first-order valence-electron chi connectivity index (χ1n) is 9.48. The van der Waals surface area contributed by atoms with Crippen molar-refractivity contribution in [3.63, 3.8) is 0 Å². The predicted octanol–water partition coefficient (Wildman–Crippen LogP) is 2.03. The minimum atomic E-state index is -0.0310. The lowest BCUT2D eigenvalue weighted by Gasteiger charge is -2.36. The fraction of sp³-hybridized carbons (Fsp3) is 0.600. The molecule has 0 aliphatic carbocycles. The van der Waals surface area contributed by atoms with Crippen LogP contribution in [-0.4, -0.2) is 42.4 Å². The van der Waals surface area contributed by atoms with Crippen LogP contribution in [0.2, 0.25) is 0 Å². The van der Waals surface area contributed by atoms with Crippen molar-refractivity contribution in [2.24, 2.45) is 5.73 Å². The van der Waals surface area contributed by atoms with Gasteiger partial charge in [-0.2, -0.15) is 0 Å². The van der Waals surface area contributed by atoms with Gasteiger partial charge >= 0.3 is 0 Å². The lowest BCUT2D eigenvalue weighted by molar-refractivity contribution is -0.135. The van der Waals surface area contributed by atoms with E-state index < -0.39 is 0 Å². The number of hydrogen-bond donors (Lipinski definition) is 2. The third kappa shape index (κ3) is 6.16. The average molecular weight is 345 g/mol. The molecule has 1 unspecified atom stereocenters. The molecule has 1 aliphatic rings. The normalized spacial score (nSPS) is 17.4. The van der Waals surface area contributed by atoms with E-state index in [1.807, 2.05) is 4.90 Å². The average Bonchev–Trinajstić information content (AvgIpc) is 2.65. The number of benzene rings is 1. The summed E-state index contributed by atoms with van der Waals surface area (Å²) in [5.74, 6) is 0.161. The summed E-state index contributed by atoms with van der Waals surface area (Å²) in [5, 5.41) is 2.91. The van der Waals surface area contributed by atoms with E-state index in [0.29, 0.717) is 25.9 Å². The van der Waals surface area contributed by atoms with E-state index in [9.17, 15) is 9.59 Å². The number of nitrogens with zero attached hydrogens (tertiary/aromatic N) is 1. The van der Waals surface area contributed by atoms with E-state index in [2.05, 4.69) is 36.5 Å². The zero-order valence-electron chi connectivity index (χ0n) is 15.3. The van der Waals surface area contributed by atoms with Gasteiger partial charge in [-0.15, -0.1) is 0 Å². The third-order valence-corrected chi connectivity index (χ3v) is 4.91. The fourth-order valence-corrected chi connectivity index (χ4v) is 3.33. The Bertz CT molecular complexity index is 557. The highest BCUT2D eigenvalue weighted by atomic mass is 16.2. The van der Waals surface area contributed by atoms with Crippen LogP contribution in [0.25, 0.3) is 0 Å².